The van der Waals surface area contributed by atoms with Gasteiger partial charge in [0.05, 0.1) is 13.2 Å². The van der Waals surface area contributed by atoms with Crippen molar-refractivity contribution in [2.45, 2.75) is 19.9 Å². The number of rotatable bonds is 3. The molecule has 0 atom stereocenters. The van der Waals surface area contributed by atoms with Gasteiger partial charge in [-0.2, -0.15) is 0 Å². The Bertz CT molecular complexity index is 349. The number of hydroxylamine groups is 2. The van der Waals surface area contributed by atoms with Crippen molar-refractivity contribution < 1.29 is 9.63 Å². The van der Waals surface area contributed by atoms with E-state index >= 15 is 0 Å². The summed E-state index contributed by atoms with van der Waals surface area (Å²) in [6.07, 6.45) is 0.917. The number of carbonyl (C=O) groups excluding carboxylic acids is 1. The first-order valence-electron chi connectivity index (χ1n) is 4.85. The van der Waals surface area contributed by atoms with Gasteiger partial charge in [0.15, 0.2) is 0 Å². The second kappa shape index (κ2) is 3.80. The molecule has 0 radical (unpaired) electrons. The number of carbonyl (C=O) groups is 1. The van der Waals surface area contributed by atoms with Crippen LogP contribution in [0.3, 0.4) is 0 Å². The topological polar surface area (TPSA) is 29.5 Å². The maximum atomic E-state index is 11.7. The highest BCUT2D eigenvalue weighted by Crippen LogP contribution is 2.22. The summed E-state index contributed by atoms with van der Waals surface area (Å²) in [5, 5.41) is 1.44. The Morgan fingerprint density at radius 1 is 1.43 bits per heavy atom. The molecular formula is C11H13NO2. The molecule has 1 aliphatic heterocycles. The van der Waals surface area contributed by atoms with Crippen LogP contribution in [-0.2, 0) is 11.4 Å². The van der Waals surface area contributed by atoms with E-state index in [1.807, 2.05) is 31.2 Å². The first kappa shape index (κ1) is 9.21. The summed E-state index contributed by atoms with van der Waals surface area (Å²) < 4.78 is 0. The van der Waals surface area contributed by atoms with Gasteiger partial charge in [-0.25, -0.2) is 5.06 Å². The van der Waals surface area contributed by atoms with Crippen LogP contribution in [0.15, 0.2) is 24.3 Å². The number of amides is 1. The number of fused-ring (bicyclic) bond motifs is 1. The van der Waals surface area contributed by atoms with E-state index < -0.39 is 0 Å². The molecule has 1 aliphatic rings. The highest BCUT2D eigenvalue weighted by Gasteiger charge is 2.27. The maximum Gasteiger partial charge on any atom is 0.278 e. The molecular weight excluding hydrogens is 178 g/mol. The molecule has 0 spiro atoms. The monoisotopic (exact) mass is 191 g/mol. The molecule has 74 valence electrons. The number of nitrogens with zero attached hydrogens (tertiary/aromatic N) is 1. The van der Waals surface area contributed by atoms with Crippen LogP contribution >= 0.6 is 0 Å². The van der Waals surface area contributed by atoms with Crippen molar-refractivity contribution in [2.75, 3.05) is 6.61 Å². The SMILES string of the molecule is CCCON1Cc2ccccc2C1=O. The van der Waals surface area contributed by atoms with Gasteiger partial charge < -0.3 is 0 Å². The molecule has 0 saturated heterocycles. The summed E-state index contributed by atoms with van der Waals surface area (Å²) in [6.45, 7) is 3.20. The molecule has 0 unspecified atom stereocenters. The number of hydrogen-bond acceptors (Lipinski definition) is 2. The Morgan fingerprint density at radius 2 is 2.21 bits per heavy atom. The van der Waals surface area contributed by atoms with E-state index in [4.69, 9.17) is 4.84 Å². The molecule has 0 aliphatic carbocycles. The zero-order chi connectivity index (χ0) is 9.97. The minimum absolute atomic E-state index is 0.0194. The molecule has 2 rings (SSSR count). The highest BCUT2D eigenvalue weighted by molar-refractivity contribution is 5.97. The van der Waals surface area contributed by atoms with Crippen LogP contribution in [0.2, 0.25) is 0 Å². The Kier molecular flexibility index (Phi) is 2.50. The Hall–Kier alpha value is -1.35. The fraction of sp³-hybridized carbons (Fsp3) is 0.364. The molecule has 1 aromatic rings. The van der Waals surface area contributed by atoms with Gasteiger partial charge in [-0.1, -0.05) is 25.1 Å². The molecule has 0 bridgehead atoms. The maximum absolute atomic E-state index is 11.7. The van der Waals surface area contributed by atoms with E-state index in [1.165, 1.54) is 5.06 Å². The van der Waals surface area contributed by atoms with Crippen molar-refractivity contribution in [2.24, 2.45) is 0 Å². The Balaban J connectivity index is 2.13. The predicted molar refractivity (Wildman–Crippen MR) is 52.6 cm³/mol. The average Bonchev–Trinajstić information content (AvgIpc) is 2.54. The van der Waals surface area contributed by atoms with E-state index in [0.29, 0.717) is 13.2 Å². The second-order valence-corrected chi connectivity index (χ2v) is 3.33. The zero-order valence-corrected chi connectivity index (χ0v) is 8.19. The summed E-state index contributed by atoms with van der Waals surface area (Å²) in [5.74, 6) is -0.0194. The molecule has 0 N–H and O–H groups in total. The third kappa shape index (κ3) is 1.51. The van der Waals surface area contributed by atoms with Crippen LogP contribution in [0.25, 0.3) is 0 Å². The van der Waals surface area contributed by atoms with Crippen LogP contribution in [0.4, 0.5) is 0 Å². The quantitative estimate of drug-likeness (QED) is 0.731. The van der Waals surface area contributed by atoms with Crippen LogP contribution in [-0.4, -0.2) is 17.6 Å². The van der Waals surface area contributed by atoms with Crippen LogP contribution in [0.1, 0.15) is 29.3 Å². The van der Waals surface area contributed by atoms with Gasteiger partial charge in [-0.05, 0) is 18.1 Å². The van der Waals surface area contributed by atoms with Crippen LogP contribution in [0, 0.1) is 0 Å². The highest BCUT2D eigenvalue weighted by atomic mass is 16.7. The predicted octanol–water partition coefficient (Wildman–Crippen LogP) is 1.98. The molecule has 0 saturated carbocycles. The molecule has 3 nitrogen and oxygen atoms in total. The van der Waals surface area contributed by atoms with E-state index in [2.05, 4.69) is 0 Å². The van der Waals surface area contributed by atoms with Crippen LogP contribution in [0.5, 0.6) is 0 Å². The van der Waals surface area contributed by atoms with Crippen molar-refractivity contribution in [1.82, 2.24) is 5.06 Å². The summed E-state index contributed by atoms with van der Waals surface area (Å²) >= 11 is 0. The molecule has 1 heterocycles. The number of benzene rings is 1. The fourth-order valence-electron chi connectivity index (χ4n) is 1.53. The van der Waals surface area contributed by atoms with Crippen molar-refractivity contribution >= 4 is 5.91 Å². The smallest absolute Gasteiger partial charge is 0.270 e. The van der Waals surface area contributed by atoms with E-state index in [9.17, 15) is 4.79 Å². The van der Waals surface area contributed by atoms with Crippen molar-refractivity contribution in [1.29, 1.82) is 0 Å². The van der Waals surface area contributed by atoms with E-state index in [1.54, 1.807) is 0 Å². The summed E-state index contributed by atoms with van der Waals surface area (Å²) in [6, 6.07) is 7.62. The zero-order valence-electron chi connectivity index (χ0n) is 8.19. The van der Waals surface area contributed by atoms with Crippen molar-refractivity contribution in [3.8, 4) is 0 Å². The lowest BCUT2D eigenvalue weighted by Gasteiger charge is -2.13. The number of hydrogen-bond donors (Lipinski definition) is 0. The van der Waals surface area contributed by atoms with Gasteiger partial charge in [-0.15, -0.1) is 0 Å². The lowest BCUT2D eigenvalue weighted by Crippen LogP contribution is -2.24. The normalized spacial score (nSPS) is 14.6. The van der Waals surface area contributed by atoms with Crippen molar-refractivity contribution in [3.63, 3.8) is 0 Å². The first-order valence-corrected chi connectivity index (χ1v) is 4.85. The molecule has 0 aromatic heterocycles. The largest absolute Gasteiger partial charge is 0.278 e. The lowest BCUT2D eigenvalue weighted by molar-refractivity contribution is -0.124. The van der Waals surface area contributed by atoms with Crippen molar-refractivity contribution in [3.05, 3.63) is 35.4 Å². The fourth-order valence-corrected chi connectivity index (χ4v) is 1.53. The molecule has 1 aromatic carbocycles. The van der Waals surface area contributed by atoms with Gasteiger partial charge in [0.25, 0.3) is 5.91 Å². The molecule has 0 fully saturated rings. The van der Waals surface area contributed by atoms with E-state index in [-0.39, 0.29) is 5.91 Å². The Labute approximate surface area is 83.2 Å². The third-order valence-corrected chi connectivity index (χ3v) is 2.24. The second-order valence-electron chi connectivity index (χ2n) is 3.33. The molecule has 3 heteroatoms. The molecule has 1 amide bonds. The Morgan fingerprint density at radius 3 is 2.93 bits per heavy atom. The van der Waals surface area contributed by atoms with Crippen LogP contribution < -0.4 is 0 Å². The van der Waals surface area contributed by atoms with Gasteiger partial charge in [0.1, 0.15) is 0 Å². The standard InChI is InChI=1S/C11H13NO2/c1-2-7-14-12-8-9-5-3-4-6-10(9)11(12)13/h3-6H,2,7-8H2,1H3. The first-order chi connectivity index (χ1) is 6.83. The summed E-state index contributed by atoms with van der Waals surface area (Å²) in [4.78, 5) is 17.0. The van der Waals surface area contributed by atoms with Gasteiger partial charge in [0, 0.05) is 5.56 Å². The third-order valence-electron chi connectivity index (χ3n) is 2.24. The summed E-state index contributed by atoms with van der Waals surface area (Å²) in [7, 11) is 0. The van der Waals surface area contributed by atoms with Gasteiger partial charge >= 0.3 is 0 Å². The average molecular weight is 191 g/mol. The van der Waals surface area contributed by atoms with E-state index in [0.717, 1.165) is 17.5 Å². The van der Waals surface area contributed by atoms with Gasteiger partial charge in [-0.3, -0.25) is 9.63 Å². The minimum Gasteiger partial charge on any atom is -0.270 e. The summed E-state index contributed by atoms with van der Waals surface area (Å²) in [5.41, 5.74) is 1.82. The molecule has 14 heavy (non-hydrogen) atoms. The lowest BCUT2D eigenvalue weighted by atomic mass is 10.1. The minimum atomic E-state index is -0.0194. The van der Waals surface area contributed by atoms with Gasteiger partial charge in [0.2, 0.25) is 0 Å².